The van der Waals surface area contributed by atoms with E-state index in [1.165, 1.54) is 44.3 Å². The molecule has 0 aliphatic heterocycles. The summed E-state index contributed by atoms with van der Waals surface area (Å²) in [5.41, 5.74) is 0.756. The van der Waals surface area contributed by atoms with Crippen molar-refractivity contribution in [3.05, 3.63) is 23.8 Å². The minimum absolute atomic E-state index is 0.0335. The van der Waals surface area contributed by atoms with Gasteiger partial charge in [-0.3, -0.25) is 9.59 Å². The summed E-state index contributed by atoms with van der Waals surface area (Å²) in [6, 6.07) is 0. The SMILES string of the molecule is CCC(C1=CC(=O)C=CC1=O)C1CCCCC1. The van der Waals surface area contributed by atoms with Crippen LogP contribution in [-0.4, -0.2) is 11.6 Å². The first kappa shape index (κ1) is 12.3. The van der Waals surface area contributed by atoms with Crippen LogP contribution in [0.5, 0.6) is 0 Å². The van der Waals surface area contributed by atoms with E-state index in [9.17, 15) is 9.59 Å². The van der Waals surface area contributed by atoms with E-state index in [0.717, 1.165) is 12.0 Å². The minimum atomic E-state index is -0.0335. The molecular weight excluding hydrogens is 212 g/mol. The zero-order valence-electron chi connectivity index (χ0n) is 10.4. The molecule has 1 fully saturated rings. The minimum Gasteiger partial charge on any atom is -0.290 e. The first-order valence-electron chi connectivity index (χ1n) is 6.70. The summed E-state index contributed by atoms with van der Waals surface area (Å²) >= 11 is 0. The van der Waals surface area contributed by atoms with Gasteiger partial charge in [0.15, 0.2) is 11.6 Å². The summed E-state index contributed by atoms with van der Waals surface area (Å²) < 4.78 is 0. The summed E-state index contributed by atoms with van der Waals surface area (Å²) in [7, 11) is 0. The van der Waals surface area contributed by atoms with Gasteiger partial charge in [0.25, 0.3) is 0 Å². The smallest absolute Gasteiger partial charge is 0.182 e. The summed E-state index contributed by atoms with van der Waals surface area (Å²) in [4.78, 5) is 23.3. The Hall–Kier alpha value is -1.18. The fourth-order valence-electron chi connectivity index (χ4n) is 3.16. The fourth-order valence-corrected chi connectivity index (χ4v) is 3.16. The van der Waals surface area contributed by atoms with Gasteiger partial charge in [-0.15, -0.1) is 0 Å². The van der Waals surface area contributed by atoms with Crippen molar-refractivity contribution < 1.29 is 9.59 Å². The van der Waals surface area contributed by atoms with Crippen molar-refractivity contribution in [3.8, 4) is 0 Å². The van der Waals surface area contributed by atoms with Crippen molar-refractivity contribution in [1.29, 1.82) is 0 Å². The van der Waals surface area contributed by atoms with Gasteiger partial charge in [-0.1, -0.05) is 26.2 Å². The van der Waals surface area contributed by atoms with Crippen molar-refractivity contribution in [3.63, 3.8) is 0 Å². The molecule has 92 valence electrons. The topological polar surface area (TPSA) is 34.1 Å². The van der Waals surface area contributed by atoms with Crippen LogP contribution in [0.4, 0.5) is 0 Å². The van der Waals surface area contributed by atoms with Gasteiger partial charge in [-0.25, -0.2) is 0 Å². The molecule has 0 aromatic heterocycles. The number of allylic oxidation sites excluding steroid dienone is 4. The molecule has 2 rings (SSSR count). The highest BCUT2D eigenvalue weighted by atomic mass is 16.1. The second kappa shape index (κ2) is 5.44. The molecule has 2 heteroatoms. The van der Waals surface area contributed by atoms with E-state index in [0.29, 0.717) is 5.92 Å². The van der Waals surface area contributed by atoms with Gasteiger partial charge in [0.1, 0.15) is 0 Å². The molecule has 0 bridgehead atoms. The maximum absolute atomic E-state index is 11.9. The van der Waals surface area contributed by atoms with Crippen LogP contribution in [0.2, 0.25) is 0 Å². The van der Waals surface area contributed by atoms with Gasteiger partial charge in [0.2, 0.25) is 0 Å². The Bertz CT molecular complexity index is 370. The lowest BCUT2D eigenvalue weighted by Gasteiger charge is -2.31. The zero-order valence-corrected chi connectivity index (χ0v) is 10.4. The maximum atomic E-state index is 11.9. The number of rotatable bonds is 3. The van der Waals surface area contributed by atoms with Gasteiger partial charge in [-0.05, 0) is 49.3 Å². The van der Waals surface area contributed by atoms with Gasteiger partial charge in [0, 0.05) is 5.57 Å². The highest BCUT2D eigenvalue weighted by molar-refractivity contribution is 6.17. The largest absolute Gasteiger partial charge is 0.290 e. The lowest BCUT2D eigenvalue weighted by molar-refractivity contribution is -0.115. The number of ketones is 2. The Balaban J connectivity index is 2.16. The Morgan fingerprint density at radius 2 is 1.88 bits per heavy atom. The second-order valence-electron chi connectivity index (χ2n) is 5.11. The fraction of sp³-hybridized carbons (Fsp3) is 0.600. The van der Waals surface area contributed by atoms with Gasteiger partial charge >= 0.3 is 0 Å². The number of carbonyl (C=O) groups excluding carboxylic acids is 2. The first-order chi connectivity index (χ1) is 8.22. The number of hydrogen-bond acceptors (Lipinski definition) is 2. The predicted molar refractivity (Wildman–Crippen MR) is 67.6 cm³/mol. The lowest BCUT2D eigenvalue weighted by Crippen LogP contribution is -2.24. The van der Waals surface area contributed by atoms with Crippen LogP contribution in [0.1, 0.15) is 45.4 Å². The lowest BCUT2D eigenvalue weighted by atomic mass is 9.73. The van der Waals surface area contributed by atoms with Crippen LogP contribution >= 0.6 is 0 Å². The van der Waals surface area contributed by atoms with Crippen LogP contribution in [-0.2, 0) is 9.59 Å². The van der Waals surface area contributed by atoms with Gasteiger partial charge < -0.3 is 0 Å². The summed E-state index contributed by atoms with van der Waals surface area (Å²) in [6.45, 7) is 2.12. The molecule has 1 unspecified atom stereocenters. The third-order valence-corrected chi connectivity index (χ3v) is 4.04. The van der Waals surface area contributed by atoms with E-state index >= 15 is 0 Å². The van der Waals surface area contributed by atoms with Crippen molar-refractivity contribution in [2.75, 3.05) is 0 Å². The average Bonchev–Trinajstić information content (AvgIpc) is 2.36. The monoisotopic (exact) mass is 232 g/mol. The summed E-state index contributed by atoms with van der Waals surface area (Å²) in [6.07, 6.45) is 11.6. The maximum Gasteiger partial charge on any atom is 0.182 e. The van der Waals surface area contributed by atoms with Crippen LogP contribution in [0.15, 0.2) is 23.8 Å². The van der Waals surface area contributed by atoms with Crippen molar-refractivity contribution >= 4 is 11.6 Å². The quantitative estimate of drug-likeness (QED) is 0.700. The summed E-state index contributed by atoms with van der Waals surface area (Å²) in [5, 5.41) is 0. The molecule has 0 N–H and O–H groups in total. The molecule has 0 amide bonds. The molecule has 1 saturated carbocycles. The molecule has 0 heterocycles. The van der Waals surface area contributed by atoms with E-state index in [2.05, 4.69) is 6.92 Å². The van der Waals surface area contributed by atoms with Crippen LogP contribution in [0, 0.1) is 11.8 Å². The highest BCUT2D eigenvalue weighted by Crippen LogP contribution is 2.36. The van der Waals surface area contributed by atoms with Gasteiger partial charge in [0.05, 0.1) is 0 Å². The molecule has 2 aliphatic rings. The Labute approximate surface area is 103 Å². The van der Waals surface area contributed by atoms with E-state index in [-0.39, 0.29) is 17.5 Å². The standard InChI is InChI=1S/C15H20O2/c1-2-13(11-6-4-3-5-7-11)14-10-12(16)8-9-15(14)17/h8-11,13H,2-7H2,1H3. The Kier molecular flexibility index (Phi) is 3.93. The average molecular weight is 232 g/mol. The molecule has 17 heavy (non-hydrogen) atoms. The molecule has 0 saturated heterocycles. The van der Waals surface area contributed by atoms with Gasteiger partial charge in [-0.2, -0.15) is 0 Å². The van der Waals surface area contributed by atoms with E-state index in [1.54, 1.807) is 6.08 Å². The molecule has 2 nitrogen and oxygen atoms in total. The Morgan fingerprint density at radius 1 is 1.18 bits per heavy atom. The molecule has 2 aliphatic carbocycles. The van der Waals surface area contributed by atoms with Crippen molar-refractivity contribution in [2.24, 2.45) is 11.8 Å². The van der Waals surface area contributed by atoms with E-state index in [1.807, 2.05) is 0 Å². The molecule has 0 aromatic rings. The summed E-state index contributed by atoms with van der Waals surface area (Å²) in [5.74, 6) is 0.899. The molecule has 1 atom stereocenters. The van der Waals surface area contributed by atoms with Crippen LogP contribution < -0.4 is 0 Å². The normalized spacial score (nSPS) is 23.7. The highest BCUT2D eigenvalue weighted by Gasteiger charge is 2.29. The Morgan fingerprint density at radius 3 is 2.53 bits per heavy atom. The third-order valence-electron chi connectivity index (χ3n) is 4.04. The van der Waals surface area contributed by atoms with E-state index in [4.69, 9.17) is 0 Å². The van der Waals surface area contributed by atoms with E-state index < -0.39 is 0 Å². The first-order valence-corrected chi connectivity index (χ1v) is 6.70. The zero-order chi connectivity index (χ0) is 12.3. The van der Waals surface area contributed by atoms with Crippen molar-refractivity contribution in [2.45, 2.75) is 45.4 Å². The van der Waals surface area contributed by atoms with Crippen LogP contribution in [0.25, 0.3) is 0 Å². The number of carbonyl (C=O) groups is 2. The molecule has 0 aromatic carbocycles. The predicted octanol–water partition coefficient (Wildman–Crippen LogP) is 3.23. The molecular formula is C15H20O2. The van der Waals surface area contributed by atoms with Crippen molar-refractivity contribution in [1.82, 2.24) is 0 Å². The third kappa shape index (κ3) is 2.74. The van der Waals surface area contributed by atoms with Crippen LogP contribution in [0.3, 0.4) is 0 Å². The molecule has 0 spiro atoms. The molecule has 0 radical (unpaired) electrons. The number of hydrogen-bond donors (Lipinski definition) is 0. The second-order valence-corrected chi connectivity index (χ2v) is 5.11.